The van der Waals surface area contributed by atoms with Gasteiger partial charge in [0.2, 0.25) is 0 Å². The van der Waals surface area contributed by atoms with Crippen molar-refractivity contribution in [2.75, 3.05) is 19.5 Å². The lowest BCUT2D eigenvalue weighted by atomic mass is 9.96. The van der Waals surface area contributed by atoms with E-state index in [1.807, 2.05) is 7.05 Å². The number of rotatable bonds is 4. The lowest BCUT2D eigenvalue weighted by molar-refractivity contribution is 0.416. The highest BCUT2D eigenvalue weighted by Crippen LogP contribution is 2.33. The SMILES string of the molecule is CNc1ccc(-c2cc(C(C)C)ccc2OC)cc1. The van der Waals surface area contributed by atoms with Gasteiger partial charge in [0, 0.05) is 18.3 Å². The first-order chi connectivity index (χ1) is 9.15. The first-order valence-electron chi connectivity index (χ1n) is 6.62. The van der Waals surface area contributed by atoms with Crippen molar-refractivity contribution in [3.8, 4) is 16.9 Å². The van der Waals surface area contributed by atoms with E-state index in [2.05, 4.69) is 61.6 Å². The van der Waals surface area contributed by atoms with Crippen LogP contribution in [0.4, 0.5) is 5.69 Å². The summed E-state index contributed by atoms with van der Waals surface area (Å²) in [5.74, 6) is 1.43. The Hall–Kier alpha value is -1.96. The molecule has 0 aromatic heterocycles. The van der Waals surface area contributed by atoms with E-state index in [0.29, 0.717) is 5.92 Å². The fourth-order valence-electron chi connectivity index (χ4n) is 2.13. The fourth-order valence-corrected chi connectivity index (χ4v) is 2.13. The summed E-state index contributed by atoms with van der Waals surface area (Å²) in [7, 11) is 3.64. The van der Waals surface area contributed by atoms with Gasteiger partial charge in [0.15, 0.2) is 0 Å². The molecule has 0 bridgehead atoms. The molecule has 0 unspecified atom stereocenters. The number of ether oxygens (including phenoxy) is 1. The third-order valence-electron chi connectivity index (χ3n) is 3.37. The fraction of sp³-hybridized carbons (Fsp3) is 0.294. The summed E-state index contributed by atoms with van der Waals surface area (Å²) >= 11 is 0. The van der Waals surface area contributed by atoms with Gasteiger partial charge in [0.1, 0.15) is 5.75 Å². The van der Waals surface area contributed by atoms with Crippen LogP contribution >= 0.6 is 0 Å². The zero-order valence-electron chi connectivity index (χ0n) is 12.0. The minimum Gasteiger partial charge on any atom is -0.496 e. The molecule has 0 aliphatic heterocycles. The number of hydrogen-bond acceptors (Lipinski definition) is 2. The molecule has 0 fully saturated rings. The molecule has 0 spiro atoms. The van der Waals surface area contributed by atoms with E-state index in [-0.39, 0.29) is 0 Å². The minimum atomic E-state index is 0.515. The van der Waals surface area contributed by atoms with Gasteiger partial charge in [-0.2, -0.15) is 0 Å². The zero-order valence-corrected chi connectivity index (χ0v) is 12.0. The summed E-state index contributed by atoms with van der Waals surface area (Å²) < 4.78 is 5.48. The molecular formula is C17H21NO. The van der Waals surface area contributed by atoms with Gasteiger partial charge in [-0.3, -0.25) is 0 Å². The molecular weight excluding hydrogens is 234 g/mol. The summed E-state index contributed by atoms with van der Waals surface area (Å²) in [4.78, 5) is 0. The average Bonchev–Trinajstić information content (AvgIpc) is 2.46. The maximum atomic E-state index is 5.48. The monoisotopic (exact) mass is 255 g/mol. The second-order valence-corrected chi connectivity index (χ2v) is 4.94. The molecule has 1 N–H and O–H groups in total. The summed E-state index contributed by atoms with van der Waals surface area (Å²) in [6, 6.07) is 14.8. The van der Waals surface area contributed by atoms with E-state index >= 15 is 0 Å². The molecule has 0 heterocycles. The van der Waals surface area contributed by atoms with Gasteiger partial charge in [0.05, 0.1) is 7.11 Å². The van der Waals surface area contributed by atoms with Crippen LogP contribution in [0.5, 0.6) is 5.75 Å². The Kier molecular flexibility index (Phi) is 4.10. The lowest BCUT2D eigenvalue weighted by Gasteiger charge is -2.13. The normalized spacial score (nSPS) is 10.6. The van der Waals surface area contributed by atoms with Crippen molar-refractivity contribution >= 4 is 5.69 Å². The minimum absolute atomic E-state index is 0.515. The van der Waals surface area contributed by atoms with Crippen LogP contribution in [0.1, 0.15) is 25.3 Å². The van der Waals surface area contributed by atoms with Crippen molar-refractivity contribution in [3.63, 3.8) is 0 Å². The number of benzene rings is 2. The molecule has 0 atom stereocenters. The molecule has 0 radical (unpaired) electrons. The topological polar surface area (TPSA) is 21.3 Å². The third kappa shape index (κ3) is 2.90. The van der Waals surface area contributed by atoms with Gasteiger partial charge in [-0.05, 0) is 41.3 Å². The van der Waals surface area contributed by atoms with Crippen molar-refractivity contribution in [1.29, 1.82) is 0 Å². The molecule has 2 aromatic rings. The van der Waals surface area contributed by atoms with Crippen molar-refractivity contribution in [1.82, 2.24) is 0 Å². The average molecular weight is 255 g/mol. The van der Waals surface area contributed by atoms with Crippen LogP contribution in [0.15, 0.2) is 42.5 Å². The second-order valence-electron chi connectivity index (χ2n) is 4.94. The highest BCUT2D eigenvalue weighted by Gasteiger charge is 2.08. The van der Waals surface area contributed by atoms with Gasteiger partial charge in [-0.1, -0.05) is 32.0 Å². The first kappa shape index (κ1) is 13.5. The van der Waals surface area contributed by atoms with E-state index in [1.165, 1.54) is 11.1 Å². The number of methoxy groups -OCH3 is 1. The van der Waals surface area contributed by atoms with Crippen LogP contribution in [0.2, 0.25) is 0 Å². The first-order valence-corrected chi connectivity index (χ1v) is 6.62. The highest BCUT2D eigenvalue weighted by atomic mass is 16.5. The van der Waals surface area contributed by atoms with Crippen LogP contribution in [-0.2, 0) is 0 Å². The predicted molar refractivity (Wildman–Crippen MR) is 82.1 cm³/mol. The van der Waals surface area contributed by atoms with Crippen LogP contribution in [0.25, 0.3) is 11.1 Å². The van der Waals surface area contributed by atoms with Crippen LogP contribution in [0.3, 0.4) is 0 Å². The van der Waals surface area contributed by atoms with Crippen LogP contribution < -0.4 is 10.1 Å². The summed E-state index contributed by atoms with van der Waals surface area (Å²) in [6.45, 7) is 4.41. The van der Waals surface area contributed by atoms with E-state index in [1.54, 1.807) is 7.11 Å². The Labute approximate surface area is 115 Å². The maximum absolute atomic E-state index is 5.48. The lowest BCUT2D eigenvalue weighted by Crippen LogP contribution is -1.93. The molecule has 2 rings (SSSR count). The Morgan fingerprint density at radius 3 is 2.21 bits per heavy atom. The quantitative estimate of drug-likeness (QED) is 0.866. The Morgan fingerprint density at radius 1 is 1.00 bits per heavy atom. The van der Waals surface area contributed by atoms with Crippen LogP contribution in [-0.4, -0.2) is 14.2 Å². The van der Waals surface area contributed by atoms with E-state index < -0.39 is 0 Å². The number of hydrogen-bond donors (Lipinski definition) is 1. The van der Waals surface area contributed by atoms with Gasteiger partial charge in [0.25, 0.3) is 0 Å². The van der Waals surface area contributed by atoms with Crippen molar-refractivity contribution < 1.29 is 4.74 Å². The Bertz CT molecular complexity index is 544. The molecule has 100 valence electrons. The maximum Gasteiger partial charge on any atom is 0.126 e. The smallest absolute Gasteiger partial charge is 0.126 e. The Morgan fingerprint density at radius 2 is 1.68 bits per heavy atom. The summed E-state index contributed by atoms with van der Waals surface area (Å²) in [5.41, 5.74) is 4.77. The molecule has 2 heteroatoms. The largest absolute Gasteiger partial charge is 0.496 e. The second kappa shape index (κ2) is 5.79. The van der Waals surface area contributed by atoms with E-state index in [9.17, 15) is 0 Å². The van der Waals surface area contributed by atoms with Crippen molar-refractivity contribution in [3.05, 3.63) is 48.0 Å². The predicted octanol–water partition coefficient (Wildman–Crippen LogP) is 4.53. The van der Waals surface area contributed by atoms with Crippen molar-refractivity contribution in [2.45, 2.75) is 19.8 Å². The molecule has 0 saturated heterocycles. The standard InChI is InChI=1S/C17H21NO/c1-12(2)14-7-10-17(19-4)16(11-14)13-5-8-15(18-3)9-6-13/h5-12,18H,1-4H3. The summed E-state index contributed by atoms with van der Waals surface area (Å²) in [6.07, 6.45) is 0. The van der Waals surface area contributed by atoms with Gasteiger partial charge < -0.3 is 10.1 Å². The number of nitrogens with one attached hydrogen (secondary N) is 1. The molecule has 19 heavy (non-hydrogen) atoms. The van der Waals surface area contributed by atoms with Gasteiger partial charge in [-0.25, -0.2) is 0 Å². The summed E-state index contributed by atoms with van der Waals surface area (Å²) in [5, 5.41) is 3.13. The van der Waals surface area contributed by atoms with Crippen LogP contribution in [0, 0.1) is 0 Å². The molecule has 0 aliphatic carbocycles. The highest BCUT2D eigenvalue weighted by molar-refractivity contribution is 5.72. The van der Waals surface area contributed by atoms with Gasteiger partial charge in [-0.15, -0.1) is 0 Å². The molecule has 0 amide bonds. The zero-order chi connectivity index (χ0) is 13.8. The van der Waals surface area contributed by atoms with E-state index in [4.69, 9.17) is 4.74 Å². The molecule has 0 saturated carbocycles. The van der Waals surface area contributed by atoms with E-state index in [0.717, 1.165) is 17.0 Å². The van der Waals surface area contributed by atoms with Gasteiger partial charge >= 0.3 is 0 Å². The van der Waals surface area contributed by atoms with Crippen molar-refractivity contribution in [2.24, 2.45) is 0 Å². The Balaban J connectivity index is 2.48. The number of anilines is 1. The molecule has 2 nitrogen and oxygen atoms in total. The molecule has 0 aliphatic rings. The molecule has 2 aromatic carbocycles. The third-order valence-corrected chi connectivity index (χ3v) is 3.37.